The van der Waals surface area contributed by atoms with Gasteiger partial charge in [-0.15, -0.1) is 0 Å². The van der Waals surface area contributed by atoms with E-state index >= 15 is 0 Å². The van der Waals surface area contributed by atoms with E-state index in [1.807, 2.05) is 31.2 Å². The first kappa shape index (κ1) is 24.8. The molecule has 0 amide bonds. The van der Waals surface area contributed by atoms with Crippen molar-refractivity contribution in [3.05, 3.63) is 29.8 Å². The summed E-state index contributed by atoms with van der Waals surface area (Å²) in [5.41, 5.74) is 1.07. The minimum absolute atomic E-state index is 0.0274. The van der Waals surface area contributed by atoms with Crippen molar-refractivity contribution in [1.82, 2.24) is 5.23 Å². The first-order valence-corrected chi connectivity index (χ1v) is 13.4. The molecule has 0 N–H and O–H groups in total. The average Bonchev–Trinajstić information content (AvgIpc) is 2.68. The maximum Gasteiger partial charge on any atom is 0.307 e. The van der Waals surface area contributed by atoms with E-state index < -0.39 is 14.6 Å². The summed E-state index contributed by atoms with van der Waals surface area (Å²) < 4.78 is 22.6. The fourth-order valence-corrected chi connectivity index (χ4v) is 4.07. The normalized spacial score (nSPS) is 23.3. The Hall–Kier alpha value is -1.45. The van der Waals surface area contributed by atoms with E-state index in [2.05, 4.69) is 33.9 Å². The van der Waals surface area contributed by atoms with Gasteiger partial charge < -0.3 is 18.7 Å². The Morgan fingerprint density at radius 1 is 1.20 bits per heavy atom. The third-order valence-corrected chi connectivity index (χ3v) is 10.3. The Labute approximate surface area is 181 Å². The van der Waals surface area contributed by atoms with Crippen molar-refractivity contribution in [2.24, 2.45) is 0 Å². The van der Waals surface area contributed by atoms with Crippen molar-refractivity contribution in [1.29, 1.82) is 0 Å². The zero-order chi connectivity index (χ0) is 22.5. The topological polar surface area (TPSA) is 66.5 Å². The van der Waals surface area contributed by atoms with Crippen molar-refractivity contribution in [2.75, 3.05) is 20.8 Å². The monoisotopic (exact) mass is 439 g/mol. The molecule has 1 fully saturated rings. The predicted molar refractivity (Wildman–Crippen MR) is 117 cm³/mol. The Morgan fingerprint density at radius 3 is 2.33 bits per heavy atom. The molecule has 1 aliphatic heterocycles. The van der Waals surface area contributed by atoms with E-state index in [1.54, 1.807) is 7.11 Å². The Kier molecular flexibility index (Phi) is 8.47. The maximum atomic E-state index is 12.3. The summed E-state index contributed by atoms with van der Waals surface area (Å²) in [7, 11) is 0.822. The van der Waals surface area contributed by atoms with Gasteiger partial charge in [-0.1, -0.05) is 38.1 Å². The second-order valence-corrected chi connectivity index (χ2v) is 13.8. The van der Waals surface area contributed by atoms with Crippen LogP contribution in [0.1, 0.15) is 52.0 Å². The van der Waals surface area contributed by atoms with Gasteiger partial charge in [0.25, 0.3) is 0 Å². The van der Waals surface area contributed by atoms with Gasteiger partial charge in [0.1, 0.15) is 5.75 Å². The molecule has 2 rings (SSSR count). The number of hydrogen-bond donors (Lipinski definition) is 0. The summed E-state index contributed by atoms with van der Waals surface area (Å²) in [4.78, 5) is 18.4. The van der Waals surface area contributed by atoms with Gasteiger partial charge in [-0.3, -0.25) is 4.79 Å². The molecule has 0 spiro atoms. The van der Waals surface area contributed by atoms with Crippen LogP contribution >= 0.6 is 0 Å². The van der Waals surface area contributed by atoms with Crippen LogP contribution in [0, 0.1) is 0 Å². The second-order valence-electron chi connectivity index (χ2n) is 9.09. The molecule has 0 aliphatic carbocycles. The zero-order valence-electron chi connectivity index (χ0n) is 19.6. The van der Waals surface area contributed by atoms with Crippen molar-refractivity contribution < 1.29 is 28.4 Å². The van der Waals surface area contributed by atoms with Gasteiger partial charge in [-0.05, 0) is 42.8 Å². The highest BCUT2D eigenvalue weighted by Gasteiger charge is 2.47. The molecule has 0 saturated carbocycles. The quantitative estimate of drug-likeness (QED) is 0.431. The van der Waals surface area contributed by atoms with E-state index in [1.165, 1.54) is 12.3 Å². The van der Waals surface area contributed by atoms with Gasteiger partial charge in [0.2, 0.25) is 8.32 Å². The van der Waals surface area contributed by atoms with E-state index in [-0.39, 0.29) is 29.4 Å². The van der Waals surface area contributed by atoms with E-state index in [0.29, 0.717) is 13.0 Å². The lowest BCUT2D eigenvalue weighted by Gasteiger charge is -2.47. The lowest BCUT2D eigenvalue weighted by molar-refractivity contribution is -0.426. The van der Waals surface area contributed by atoms with Gasteiger partial charge in [-0.2, -0.15) is 0 Å². The minimum atomic E-state index is -2.22. The fraction of sp³-hybridized carbons (Fsp3) is 0.682. The smallest absolute Gasteiger partial charge is 0.307 e. The number of carbonyl (C=O) groups is 1. The molecule has 1 aromatic carbocycles. The largest absolute Gasteiger partial charge is 0.497 e. The van der Waals surface area contributed by atoms with Crippen molar-refractivity contribution in [3.63, 3.8) is 0 Å². The zero-order valence-corrected chi connectivity index (χ0v) is 20.6. The minimum Gasteiger partial charge on any atom is -0.497 e. The molecule has 30 heavy (non-hydrogen) atoms. The highest BCUT2D eigenvalue weighted by molar-refractivity contribution is 6.74. The maximum absolute atomic E-state index is 12.3. The predicted octanol–water partition coefficient (Wildman–Crippen LogP) is 4.65. The Bertz CT molecular complexity index is 688. The summed E-state index contributed by atoms with van der Waals surface area (Å²) in [6, 6.07) is 7.56. The molecule has 0 unspecified atom stereocenters. The number of hydroxylamine groups is 2. The Balaban J connectivity index is 2.42. The molecule has 7 nitrogen and oxygen atoms in total. The third-order valence-electron chi connectivity index (χ3n) is 6.03. The molecule has 0 bridgehead atoms. The summed E-state index contributed by atoms with van der Waals surface area (Å²) >= 11 is 0. The van der Waals surface area contributed by atoms with Crippen LogP contribution in [0.2, 0.25) is 18.1 Å². The van der Waals surface area contributed by atoms with Crippen LogP contribution < -0.4 is 4.74 Å². The highest BCUT2D eigenvalue weighted by atomic mass is 28.4. The number of carbonyl (C=O) groups excluding carboxylic acids is 1. The number of esters is 1. The first-order valence-electron chi connectivity index (χ1n) is 10.5. The second kappa shape index (κ2) is 10.2. The molecule has 170 valence electrons. The number of benzene rings is 1. The van der Waals surface area contributed by atoms with Gasteiger partial charge in [0, 0.05) is 18.9 Å². The lowest BCUT2D eigenvalue weighted by Crippen LogP contribution is -2.55. The standard InChI is InChI=1S/C22H37NO6Si/c1-9-27-21-14-18(16-10-12-17(25-5)13-11-16)19(15-20(24)26-6)23(28-21)29-30(7,8)22(2,3)4/h10-13,18-19,21H,9,14-15H2,1-8H3/t18-,19+,21-/m1/s1. The number of hydrogen-bond acceptors (Lipinski definition) is 7. The van der Waals surface area contributed by atoms with Crippen LogP contribution in [0.5, 0.6) is 5.75 Å². The van der Waals surface area contributed by atoms with Gasteiger partial charge in [0.05, 0.1) is 26.7 Å². The number of rotatable bonds is 8. The first-order chi connectivity index (χ1) is 14.0. The molecular weight excluding hydrogens is 402 g/mol. The van der Waals surface area contributed by atoms with Crippen LogP contribution in [0.25, 0.3) is 0 Å². The van der Waals surface area contributed by atoms with Crippen molar-refractivity contribution in [2.45, 2.75) is 76.9 Å². The van der Waals surface area contributed by atoms with Crippen molar-refractivity contribution in [3.8, 4) is 5.75 Å². The number of methoxy groups -OCH3 is 2. The number of nitrogens with zero attached hydrogens (tertiary/aromatic N) is 1. The van der Waals surface area contributed by atoms with Crippen LogP contribution in [-0.2, 0) is 23.6 Å². The molecule has 1 saturated heterocycles. The molecule has 0 radical (unpaired) electrons. The molecule has 8 heteroatoms. The fourth-order valence-electron chi connectivity index (χ4n) is 3.16. The number of ether oxygens (including phenoxy) is 3. The SMILES string of the molecule is CCO[C@H]1C[C@H](c2ccc(OC)cc2)[C@H](CC(=O)OC)N(O[Si](C)(C)C(C)(C)C)O1. The van der Waals surface area contributed by atoms with E-state index in [9.17, 15) is 4.79 Å². The summed E-state index contributed by atoms with van der Waals surface area (Å²) in [5, 5.41) is 1.51. The van der Waals surface area contributed by atoms with Gasteiger partial charge in [-0.25, -0.2) is 4.84 Å². The lowest BCUT2D eigenvalue weighted by atomic mass is 9.86. The molecule has 1 heterocycles. The van der Waals surface area contributed by atoms with Crippen LogP contribution in [0.4, 0.5) is 0 Å². The Morgan fingerprint density at radius 2 is 1.83 bits per heavy atom. The van der Waals surface area contributed by atoms with E-state index in [0.717, 1.165) is 11.3 Å². The highest BCUT2D eigenvalue weighted by Crippen LogP contribution is 2.42. The van der Waals surface area contributed by atoms with Crippen molar-refractivity contribution >= 4 is 14.3 Å². The van der Waals surface area contributed by atoms with Crippen LogP contribution in [-0.4, -0.2) is 52.7 Å². The molecular formula is C22H37NO6Si. The van der Waals surface area contributed by atoms with Gasteiger partial charge in [0.15, 0.2) is 6.29 Å². The average molecular weight is 440 g/mol. The summed E-state index contributed by atoms with van der Waals surface area (Å²) in [6.07, 6.45) is 0.306. The third kappa shape index (κ3) is 6.04. The van der Waals surface area contributed by atoms with E-state index in [4.69, 9.17) is 23.6 Å². The molecule has 3 atom stereocenters. The molecule has 1 aromatic rings. The summed E-state index contributed by atoms with van der Waals surface area (Å²) in [6.45, 7) is 13.3. The van der Waals surface area contributed by atoms with Crippen LogP contribution in [0.3, 0.4) is 0 Å². The van der Waals surface area contributed by atoms with Crippen LogP contribution in [0.15, 0.2) is 24.3 Å². The molecule has 0 aromatic heterocycles. The van der Waals surface area contributed by atoms with Gasteiger partial charge >= 0.3 is 5.97 Å². The molecule has 1 aliphatic rings. The summed E-state index contributed by atoms with van der Waals surface area (Å²) in [5.74, 6) is 0.442.